The molecule has 20 heavy (non-hydrogen) atoms. The molecule has 0 spiro atoms. The average Bonchev–Trinajstić information content (AvgIpc) is 3.04. The summed E-state index contributed by atoms with van der Waals surface area (Å²) in [7, 11) is 0. The number of halogens is 1. The van der Waals surface area contributed by atoms with E-state index in [1.165, 1.54) is 21.6 Å². The second-order valence-electron chi connectivity index (χ2n) is 5.11. The zero-order valence-corrected chi connectivity index (χ0v) is 13.3. The first kappa shape index (κ1) is 14.1. The highest BCUT2D eigenvalue weighted by Gasteiger charge is 2.21. The summed E-state index contributed by atoms with van der Waals surface area (Å²) in [5.74, 6) is 0. The number of benzene rings is 1. The summed E-state index contributed by atoms with van der Waals surface area (Å²) in [5, 5.41) is 6.56. The minimum Gasteiger partial charge on any atom is -0.372 e. The minimum atomic E-state index is 0.164. The quantitative estimate of drug-likeness (QED) is 0.901. The van der Waals surface area contributed by atoms with Crippen molar-refractivity contribution in [2.75, 3.05) is 6.54 Å². The van der Waals surface area contributed by atoms with E-state index in [2.05, 4.69) is 42.7 Å². The Balaban J connectivity index is 2.00. The standard InChI is InChI=1S/C16H18ClNOS/c1-3-18-15(16-14(17)10(2)9-20-16)11-4-5-12-7-19-8-13(12)6-11/h4-6,9,15,18H,3,7-8H2,1-2H3. The van der Waals surface area contributed by atoms with Crippen molar-refractivity contribution >= 4 is 22.9 Å². The topological polar surface area (TPSA) is 21.3 Å². The van der Waals surface area contributed by atoms with Gasteiger partial charge in [-0.2, -0.15) is 0 Å². The number of ether oxygens (including phenoxy) is 1. The van der Waals surface area contributed by atoms with Crippen LogP contribution in [0.4, 0.5) is 0 Å². The Bertz CT molecular complexity index is 623. The fourth-order valence-electron chi connectivity index (χ4n) is 2.58. The van der Waals surface area contributed by atoms with E-state index in [9.17, 15) is 0 Å². The zero-order chi connectivity index (χ0) is 14.1. The molecule has 1 unspecified atom stereocenters. The number of fused-ring (bicyclic) bond motifs is 1. The van der Waals surface area contributed by atoms with Gasteiger partial charge in [-0.1, -0.05) is 36.7 Å². The normalized spacial score (nSPS) is 15.3. The molecular formula is C16H18ClNOS. The third-order valence-electron chi connectivity index (χ3n) is 3.67. The van der Waals surface area contributed by atoms with Crippen LogP contribution in [0.25, 0.3) is 0 Å². The molecule has 2 heterocycles. The number of aryl methyl sites for hydroxylation is 1. The lowest BCUT2D eigenvalue weighted by Gasteiger charge is -2.18. The van der Waals surface area contributed by atoms with Gasteiger partial charge in [0.25, 0.3) is 0 Å². The monoisotopic (exact) mass is 307 g/mol. The molecule has 0 saturated heterocycles. The fraction of sp³-hybridized carbons (Fsp3) is 0.375. The molecule has 0 fully saturated rings. The van der Waals surface area contributed by atoms with Crippen molar-refractivity contribution in [2.45, 2.75) is 33.1 Å². The highest BCUT2D eigenvalue weighted by molar-refractivity contribution is 7.10. The molecule has 106 valence electrons. The molecule has 1 aromatic carbocycles. The van der Waals surface area contributed by atoms with Crippen LogP contribution in [0.5, 0.6) is 0 Å². The van der Waals surface area contributed by atoms with E-state index >= 15 is 0 Å². The Kier molecular flexibility index (Phi) is 4.13. The van der Waals surface area contributed by atoms with Gasteiger partial charge in [-0.3, -0.25) is 0 Å². The third-order valence-corrected chi connectivity index (χ3v) is 5.45. The SMILES string of the molecule is CCNC(c1ccc2c(c1)COC2)c1scc(C)c1Cl. The first-order valence-electron chi connectivity index (χ1n) is 6.87. The van der Waals surface area contributed by atoms with Crippen LogP contribution in [0.2, 0.25) is 5.02 Å². The maximum Gasteiger partial charge on any atom is 0.0725 e. The maximum atomic E-state index is 6.45. The van der Waals surface area contributed by atoms with Crippen LogP contribution < -0.4 is 5.32 Å². The number of hydrogen-bond acceptors (Lipinski definition) is 3. The summed E-state index contributed by atoms with van der Waals surface area (Å²) in [4.78, 5) is 1.20. The van der Waals surface area contributed by atoms with E-state index in [0.717, 1.165) is 30.3 Å². The van der Waals surface area contributed by atoms with Crippen molar-refractivity contribution in [3.05, 3.63) is 55.7 Å². The lowest BCUT2D eigenvalue weighted by molar-refractivity contribution is 0.134. The summed E-state index contributed by atoms with van der Waals surface area (Å²) in [5.41, 5.74) is 5.02. The molecule has 0 saturated carbocycles. The van der Waals surface area contributed by atoms with Crippen molar-refractivity contribution in [1.29, 1.82) is 0 Å². The largest absolute Gasteiger partial charge is 0.372 e. The molecule has 1 aliphatic rings. The van der Waals surface area contributed by atoms with Crippen LogP contribution >= 0.6 is 22.9 Å². The van der Waals surface area contributed by atoms with Gasteiger partial charge in [-0.15, -0.1) is 11.3 Å². The van der Waals surface area contributed by atoms with E-state index in [4.69, 9.17) is 16.3 Å². The summed E-state index contributed by atoms with van der Waals surface area (Å²) >= 11 is 8.18. The first-order chi connectivity index (χ1) is 9.70. The molecule has 2 nitrogen and oxygen atoms in total. The summed E-state index contributed by atoms with van der Waals surface area (Å²) in [6.07, 6.45) is 0. The molecule has 1 aromatic heterocycles. The van der Waals surface area contributed by atoms with Gasteiger partial charge >= 0.3 is 0 Å². The Morgan fingerprint density at radius 1 is 1.35 bits per heavy atom. The highest BCUT2D eigenvalue weighted by Crippen LogP contribution is 2.36. The molecule has 0 bridgehead atoms. The Hall–Kier alpha value is -0.870. The van der Waals surface area contributed by atoms with Crippen LogP contribution in [0, 0.1) is 6.92 Å². The van der Waals surface area contributed by atoms with Gasteiger partial charge in [0, 0.05) is 4.88 Å². The van der Waals surface area contributed by atoms with Gasteiger partial charge in [0.1, 0.15) is 0 Å². The Morgan fingerprint density at radius 3 is 2.85 bits per heavy atom. The Labute approximate surface area is 128 Å². The highest BCUT2D eigenvalue weighted by atomic mass is 35.5. The van der Waals surface area contributed by atoms with E-state index in [-0.39, 0.29) is 6.04 Å². The van der Waals surface area contributed by atoms with Gasteiger partial charge in [0.2, 0.25) is 0 Å². The predicted octanol–water partition coefficient (Wildman–Crippen LogP) is 4.44. The number of nitrogens with one attached hydrogen (secondary N) is 1. The molecule has 1 aliphatic heterocycles. The molecule has 3 rings (SSSR count). The average molecular weight is 308 g/mol. The van der Waals surface area contributed by atoms with Crippen LogP contribution in [0.1, 0.15) is 40.1 Å². The lowest BCUT2D eigenvalue weighted by atomic mass is 9.99. The number of rotatable bonds is 4. The van der Waals surface area contributed by atoms with Gasteiger partial charge in [-0.25, -0.2) is 0 Å². The predicted molar refractivity (Wildman–Crippen MR) is 84.5 cm³/mol. The van der Waals surface area contributed by atoms with Gasteiger partial charge in [0.05, 0.1) is 24.3 Å². The van der Waals surface area contributed by atoms with Gasteiger partial charge in [0.15, 0.2) is 0 Å². The van der Waals surface area contributed by atoms with Crippen LogP contribution in [0.3, 0.4) is 0 Å². The van der Waals surface area contributed by atoms with E-state index in [1.807, 2.05) is 0 Å². The number of hydrogen-bond donors (Lipinski definition) is 1. The molecule has 2 aromatic rings. The van der Waals surface area contributed by atoms with Crippen molar-refractivity contribution in [1.82, 2.24) is 5.32 Å². The molecule has 1 atom stereocenters. The third kappa shape index (κ3) is 2.51. The first-order valence-corrected chi connectivity index (χ1v) is 8.12. The molecule has 0 radical (unpaired) electrons. The minimum absolute atomic E-state index is 0.164. The molecule has 0 amide bonds. The smallest absolute Gasteiger partial charge is 0.0725 e. The van der Waals surface area contributed by atoms with Crippen molar-refractivity contribution in [3.8, 4) is 0 Å². The van der Waals surface area contributed by atoms with E-state index in [0.29, 0.717) is 0 Å². The fourth-order valence-corrected chi connectivity index (χ4v) is 3.99. The summed E-state index contributed by atoms with van der Waals surface area (Å²) in [6.45, 7) is 6.55. The van der Waals surface area contributed by atoms with Crippen molar-refractivity contribution in [2.24, 2.45) is 0 Å². The lowest BCUT2D eigenvalue weighted by Crippen LogP contribution is -2.21. The van der Waals surface area contributed by atoms with Crippen LogP contribution in [-0.4, -0.2) is 6.54 Å². The Morgan fingerprint density at radius 2 is 2.15 bits per heavy atom. The van der Waals surface area contributed by atoms with Crippen LogP contribution in [-0.2, 0) is 18.0 Å². The van der Waals surface area contributed by atoms with Crippen molar-refractivity contribution < 1.29 is 4.74 Å². The second kappa shape index (κ2) is 5.86. The maximum absolute atomic E-state index is 6.45. The summed E-state index contributed by atoms with van der Waals surface area (Å²) in [6, 6.07) is 6.78. The molecule has 1 N–H and O–H groups in total. The summed E-state index contributed by atoms with van der Waals surface area (Å²) < 4.78 is 5.50. The van der Waals surface area contributed by atoms with E-state index < -0.39 is 0 Å². The van der Waals surface area contributed by atoms with Crippen LogP contribution in [0.15, 0.2) is 23.6 Å². The molecular weight excluding hydrogens is 290 g/mol. The van der Waals surface area contributed by atoms with E-state index in [1.54, 1.807) is 11.3 Å². The van der Waals surface area contributed by atoms with Gasteiger partial charge < -0.3 is 10.1 Å². The van der Waals surface area contributed by atoms with Gasteiger partial charge in [-0.05, 0) is 41.1 Å². The zero-order valence-electron chi connectivity index (χ0n) is 11.7. The molecule has 4 heteroatoms. The molecule has 0 aliphatic carbocycles. The van der Waals surface area contributed by atoms with Crippen molar-refractivity contribution in [3.63, 3.8) is 0 Å². The second-order valence-corrected chi connectivity index (χ2v) is 6.40. The number of thiophene rings is 1.